The Balaban J connectivity index is 1.63. The number of carbonyl (C=O) groups is 2. The largest absolute Gasteiger partial charge is 0.497 e. The normalized spacial score (nSPS) is 11.4. The van der Waals surface area contributed by atoms with Crippen LogP contribution >= 0.6 is 23.4 Å². The predicted octanol–water partition coefficient (Wildman–Crippen LogP) is 4.19. The van der Waals surface area contributed by atoms with Crippen molar-refractivity contribution >= 4 is 46.6 Å². The molecular weight excluding hydrogens is 520 g/mol. The monoisotopic (exact) mass is 544 g/mol. The van der Waals surface area contributed by atoms with E-state index in [0.717, 1.165) is 17.3 Å². The fourth-order valence-electron chi connectivity index (χ4n) is 3.35. The van der Waals surface area contributed by atoms with Gasteiger partial charge in [-0.3, -0.25) is 19.7 Å². The van der Waals surface area contributed by atoms with Crippen molar-refractivity contribution in [2.24, 2.45) is 0 Å². The van der Waals surface area contributed by atoms with E-state index in [1.54, 1.807) is 36.8 Å². The highest BCUT2D eigenvalue weighted by Crippen LogP contribution is 2.27. The quantitative estimate of drug-likeness (QED) is 0.150. The second-order valence-electron chi connectivity index (χ2n) is 7.81. The number of ether oxygens (including phenoxy) is 1. The van der Waals surface area contributed by atoms with Crippen molar-refractivity contribution in [3.05, 3.63) is 81.6 Å². The molecule has 37 heavy (non-hydrogen) atoms. The predicted molar refractivity (Wildman–Crippen MR) is 141 cm³/mol. The zero-order valence-electron chi connectivity index (χ0n) is 20.1. The molecule has 0 unspecified atom stereocenters. The van der Waals surface area contributed by atoms with Crippen molar-refractivity contribution in [2.45, 2.75) is 31.1 Å². The third-order valence-corrected chi connectivity index (χ3v) is 6.41. The molecule has 1 heterocycles. The molecule has 0 aliphatic rings. The molecule has 3 rings (SSSR count). The number of non-ortho nitro benzene ring substituents is 1. The van der Waals surface area contributed by atoms with Crippen LogP contribution in [0.15, 0.2) is 60.3 Å². The van der Waals surface area contributed by atoms with Crippen LogP contribution in [0.5, 0.6) is 5.75 Å². The number of aromatic nitrogens is 3. The highest BCUT2D eigenvalue weighted by Gasteiger charge is 2.20. The van der Waals surface area contributed by atoms with Crippen LogP contribution in [0.2, 0.25) is 5.02 Å². The number of nitrogens with one attached hydrogen (secondary N) is 2. The first-order valence-electron chi connectivity index (χ1n) is 11.0. The standard InChI is InChI=1S/C24H25ClN6O5S/c1-4-11-30-23(15(2)26-21(32)12-16-5-8-18(36-3)9-6-16)28-29-24(30)37-14-22(33)27-20-13-17(31(34)35)7-10-19(20)25/h4-10,13,15H,1,11-12,14H2,2-3H3,(H,26,32)(H,27,33)/t15-/m1/s1. The summed E-state index contributed by atoms with van der Waals surface area (Å²) in [6.07, 6.45) is 1.84. The average molecular weight is 545 g/mol. The third kappa shape index (κ3) is 7.54. The zero-order valence-corrected chi connectivity index (χ0v) is 21.7. The van der Waals surface area contributed by atoms with Gasteiger partial charge >= 0.3 is 0 Å². The Morgan fingerprint density at radius 1 is 1.24 bits per heavy atom. The maximum absolute atomic E-state index is 12.6. The van der Waals surface area contributed by atoms with Crippen LogP contribution in [0.4, 0.5) is 11.4 Å². The maximum Gasteiger partial charge on any atom is 0.271 e. The number of halogens is 1. The summed E-state index contributed by atoms with van der Waals surface area (Å²) in [5, 5.41) is 25.5. The van der Waals surface area contributed by atoms with E-state index in [4.69, 9.17) is 16.3 Å². The number of rotatable bonds is 12. The minimum atomic E-state index is -0.572. The number of benzene rings is 2. The van der Waals surface area contributed by atoms with Crippen LogP contribution < -0.4 is 15.4 Å². The number of hydrogen-bond donors (Lipinski definition) is 2. The van der Waals surface area contributed by atoms with Gasteiger partial charge in [0.15, 0.2) is 11.0 Å². The van der Waals surface area contributed by atoms with Gasteiger partial charge in [0.2, 0.25) is 11.8 Å². The first kappa shape index (κ1) is 27.7. The minimum Gasteiger partial charge on any atom is -0.497 e. The lowest BCUT2D eigenvalue weighted by atomic mass is 10.1. The number of anilines is 1. The Hall–Kier alpha value is -3.90. The highest BCUT2D eigenvalue weighted by molar-refractivity contribution is 7.99. The molecule has 2 aromatic carbocycles. The number of allylic oxidation sites excluding steroid dienone is 1. The Morgan fingerprint density at radius 2 is 1.97 bits per heavy atom. The van der Waals surface area contributed by atoms with Crippen molar-refractivity contribution in [1.82, 2.24) is 20.1 Å². The number of hydrogen-bond acceptors (Lipinski definition) is 8. The van der Waals surface area contributed by atoms with Crippen LogP contribution in [0.25, 0.3) is 0 Å². The van der Waals surface area contributed by atoms with Crippen LogP contribution in [-0.4, -0.2) is 44.4 Å². The fraction of sp³-hybridized carbons (Fsp3) is 0.250. The molecule has 0 aliphatic carbocycles. The highest BCUT2D eigenvalue weighted by atomic mass is 35.5. The molecule has 0 fully saturated rings. The molecule has 0 spiro atoms. The van der Waals surface area contributed by atoms with Crippen molar-refractivity contribution in [3.63, 3.8) is 0 Å². The van der Waals surface area contributed by atoms with Gasteiger partial charge in [-0.1, -0.05) is 41.6 Å². The summed E-state index contributed by atoms with van der Waals surface area (Å²) in [7, 11) is 1.58. The third-order valence-electron chi connectivity index (χ3n) is 5.11. The van der Waals surface area contributed by atoms with E-state index in [2.05, 4.69) is 27.4 Å². The van der Waals surface area contributed by atoms with E-state index < -0.39 is 16.9 Å². The van der Waals surface area contributed by atoms with Gasteiger partial charge in [0.25, 0.3) is 5.69 Å². The second-order valence-corrected chi connectivity index (χ2v) is 9.16. The molecule has 0 radical (unpaired) electrons. The van der Waals surface area contributed by atoms with Gasteiger partial charge in [0, 0.05) is 18.7 Å². The summed E-state index contributed by atoms with van der Waals surface area (Å²) < 4.78 is 6.89. The Kier molecular flexibility index (Phi) is 9.64. The number of nitro groups is 1. The van der Waals surface area contributed by atoms with E-state index in [9.17, 15) is 19.7 Å². The van der Waals surface area contributed by atoms with Gasteiger partial charge in [-0.2, -0.15) is 0 Å². The lowest BCUT2D eigenvalue weighted by molar-refractivity contribution is -0.384. The molecule has 1 atom stereocenters. The van der Waals surface area contributed by atoms with Crippen LogP contribution in [-0.2, 0) is 22.6 Å². The van der Waals surface area contributed by atoms with Crippen LogP contribution in [0.3, 0.4) is 0 Å². The summed E-state index contributed by atoms with van der Waals surface area (Å²) >= 11 is 7.17. The molecule has 0 saturated heterocycles. The molecule has 3 aromatic rings. The van der Waals surface area contributed by atoms with E-state index in [1.165, 1.54) is 18.2 Å². The lowest BCUT2D eigenvalue weighted by Gasteiger charge is -2.15. The molecule has 2 amide bonds. The first-order chi connectivity index (χ1) is 17.7. The number of amides is 2. The fourth-order valence-corrected chi connectivity index (χ4v) is 4.27. The van der Waals surface area contributed by atoms with Crippen molar-refractivity contribution in [1.29, 1.82) is 0 Å². The van der Waals surface area contributed by atoms with Crippen LogP contribution in [0.1, 0.15) is 24.4 Å². The molecular formula is C24H25ClN6O5S. The number of methoxy groups -OCH3 is 1. The average Bonchev–Trinajstić information content (AvgIpc) is 3.27. The molecule has 13 heteroatoms. The summed E-state index contributed by atoms with van der Waals surface area (Å²) in [6.45, 7) is 5.91. The number of nitrogens with zero attached hydrogens (tertiary/aromatic N) is 4. The topological polar surface area (TPSA) is 141 Å². The summed E-state index contributed by atoms with van der Waals surface area (Å²) in [5.74, 6) is 0.553. The maximum atomic E-state index is 12.6. The first-order valence-corrected chi connectivity index (χ1v) is 12.4. The van der Waals surface area contributed by atoms with Gasteiger partial charge in [-0.25, -0.2) is 0 Å². The van der Waals surface area contributed by atoms with Gasteiger partial charge in [0.05, 0.1) is 41.0 Å². The van der Waals surface area contributed by atoms with E-state index in [1.807, 2.05) is 12.1 Å². The Labute approximate surface area is 222 Å². The van der Waals surface area contributed by atoms with E-state index >= 15 is 0 Å². The molecule has 194 valence electrons. The molecule has 0 aliphatic heterocycles. The summed E-state index contributed by atoms with van der Waals surface area (Å²) in [4.78, 5) is 35.5. The van der Waals surface area contributed by atoms with Crippen LogP contribution in [0, 0.1) is 10.1 Å². The second kappa shape index (κ2) is 12.9. The molecule has 0 saturated carbocycles. The minimum absolute atomic E-state index is 0.0491. The van der Waals surface area contributed by atoms with Crippen molar-refractivity contribution in [3.8, 4) is 5.75 Å². The van der Waals surface area contributed by atoms with E-state index in [0.29, 0.717) is 23.3 Å². The van der Waals surface area contributed by atoms with E-state index in [-0.39, 0.29) is 34.5 Å². The Morgan fingerprint density at radius 3 is 2.62 bits per heavy atom. The van der Waals surface area contributed by atoms with Crippen molar-refractivity contribution < 1.29 is 19.2 Å². The van der Waals surface area contributed by atoms with Crippen molar-refractivity contribution in [2.75, 3.05) is 18.2 Å². The number of carbonyl (C=O) groups excluding carboxylic acids is 2. The Bertz CT molecular complexity index is 1300. The van der Waals surface area contributed by atoms with Gasteiger partial charge in [0.1, 0.15) is 5.75 Å². The zero-order chi connectivity index (χ0) is 26.9. The smallest absolute Gasteiger partial charge is 0.271 e. The van der Waals surface area contributed by atoms with Gasteiger partial charge in [-0.15, -0.1) is 16.8 Å². The molecule has 2 N–H and O–H groups in total. The summed E-state index contributed by atoms with van der Waals surface area (Å²) in [5.41, 5.74) is 0.790. The summed E-state index contributed by atoms with van der Waals surface area (Å²) in [6, 6.07) is 10.6. The molecule has 0 bridgehead atoms. The van der Waals surface area contributed by atoms with Gasteiger partial charge < -0.3 is 19.9 Å². The number of nitro benzene ring substituents is 1. The SMILES string of the molecule is C=CCn1c(SCC(=O)Nc2cc([N+](=O)[O-])ccc2Cl)nnc1[C@@H](C)NC(=O)Cc1ccc(OC)cc1. The molecule has 1 aromatic heterocycles. The molecule has 11 nitrogen and oxygen atoms in total. The lowest BCUT2D eigenvalue weighted by Crippen LogP contribution is -2.30. The number of thioether (sulfide) groups is 1. The van der Waals surface area contributed by atoms with Gasteiger partial charge in [-0.05, 0) is 30.7 Å².